The lowest BCUT2D eigenvalue weighted by Gasteiger charge is -2.15. The van der Waals surface area contributed by atoms with Crippen LogP contribution in [0.25, 0.3) is 0 Å². The average molecular weight is 219 g/mol. The van der Waals surface area contributed by atoms with Crippen LogP contribution in [-0.2, 0) is 6.42 Å². The summed E-state index contributed by atoms with van der Waals surface area (Å²) in [4.78, 5) is 0. The molecule has 2 rings (SSSR count). The molecule has 0 heterocycles. The summed E-state index contributed by atoms with van der Waals surface area (Å²) in [7, 11) is 0. The van der Waals surface area contributed by atoms with E-state index in [4.69, 9.17) is 9.94 Å². The first-order valence-electron chi connectivity index (χ1n) is 5.76. The molecule has 86 valence electrons. The number of ether oxygens (including phenoxy) is 1. The van der Waals surface area contributed by atoms with Crippen LogP contribution in [0.2, 0.25) is 0 Å². The number of hydrogen-bond donors (Lipinski definition) is 1. The summed E-state index contributed by atoms with van der Waals surface area (Å²) in [5, 5.41) is 12.2. The Bertz CT molecular complexity index is 412. The maximum absolute atomic E-state index is 8.88. The van der Waals surface area contributed by atoms with Gasteiger partial charge in [0.1, 0.15) is 5.75 Å². The Morgan fingerprint density at radius 2 is 2.25 bits per heavy atom. The van der Waals surface area contributed by atoms with Crippen LogP contribution in [0, 0.1) is 0 Å². The van der Waals surface area contributed by atoms with E-state index in [2.05, 4.69) is 19.0 Å². The smallest absolute Gasteiger partial charge is 0.123 e. The van der Waals surface area contributed by atoms with E-state index in [0.717, 1.165) is 36.3 Å². The monoisotopic (exact) mass is 219 g/mol. The predicted octanol–water partition coefficient (Wildman–Crippen LogP) is 2.99. The molecule has 1 N–H and O–H groups in total. The Hall–Kier alpha value is -1.51. The van der Waals surface area contributed by atoms with Gasteiger partial charge >= 0.3 is 0 Å². The lowest BCUT2D eigenvalue weighted by atomic mass is 10.1. The zero-order chi connectivity index (χ0) is 11.5. The highest BCUT2D eigenvalue weighted by Gasteiger charge is 2.22. The molecule has 0 amide bonds. The van der Waals surface area contributed by atoms with Gasteiger partial charge in [-0.2, -0.15) is 0 Å². The van der Waals surface area contributed by atoms with Gasteiger partial charge in [-0.05, 0) is 32.3 Å². The Morgan fingerprint density at radius 3 is 2.94 bits per heavy atom. The summed E-state index contributed by atoms with van der Waals surface area (Å²) < 4.78 is 5.86. The van der Waals surface area contributed by atoms with Crippen molar-refractivity contribution < 1.29 is 9.94 Å². The largest absolute Gasteiger partial charge is 0.490 e. The fourth-order valence-electron chi connectivity index (χ4n) is 1.99. The maximum Gasteiger partial charge on any atom is 0.123 e. The highest BCUT2D eigenvalue weighted by Crippen LogP contribution is 2.31. The van der Waals surface area contributed by atoms with Crippen LogP contribution < -0.4 is 4.74 Å². The fraction of sp³-hybridized carbons (Fsp3) is 0.462. The van der Waals surface area contributed by atoms with Crippen molar-refractivity contribution in [1.82, 2.24) is 0 Å². The molecule has 1 aliphatic carbocycles. The van der Waals surface area contributed by atoms with Crippen LogP contribution in [-0.4, -0.2) is 17.0 Å². The minimum absolute atomic E-state index is 0.224. The summed E-state index contributed by atoms with van der Waals surface area (Å²) in [5.74, 6) is 0.936. The topological polar surface area (TPSA) is 41.8 Å². The molecule has 3 heteroatoms. The second-order valence-electron chi connectivity index (χ2n) is 4.17. The van der Waals surface area contributed by atoms with E-state index in [-0.39, 0.29) is 6.10 Å². The van der Waals surface area contributed by atoms with E-state index in [1.807, 2.05) is 18.2 Å². The molecular weight excluding hydrogens is 202 g/mol. The van der Waals surface area contributed by atoms with E-state index < -0.39 is 0 Å². The summed E-state index contributed by atoms with van der Waals surface area (Å²) in [5.41, 5.74) is 2.98. The molecule has 0 aromatic heterocycles. The Balaban J connectivity index is 2.32. The standard InChI is InChI=1S/C13H17NO2/c1-3-9(2)16-13-6-4-5-10-11(13)7-8-12(10)14-15/h4-6,9,15H,3,7-8H2,1-2H3. The summed E-state index contributed by atoms with van der Waals surface area (Å²) in [6.07, 6.45) is 2.92. The van der Waals surface area contributed by atoms with Gasteiger partial charge in [0.2, 0.25) is 0 Å². The fourth-order valence-corrected chi connectivity index (χ4v) is 1.99. The zero-order valence-corrected chi connectivity index (χ0v) is 9.73. The van der Waals surface area contributed by atoms with Crippen molar-refractivity contribution in [3.63, 3.8) is 0 Å². The van der Waals surface area contributed by atoms with Gasteiger partial charge in [0, 0.05) is 11.1 Å². The number of hydrogen-bond acceptors (Lipinski definition) is 3. The molecule has 1 aromatic carbocycles. The van der Waals surface area contributed by atoms with E-state index in [1.54, 1.807) is 0 Å². The van der Waals surface area contributed by atoms with Crippen LogP contribution in [0.5, 0.6) is 5.75 Å². The molecule has 3 nitrogen and oxygen atoms in total. The molecule has 1 atom stereocenters. The highest BCUT2D eigenvalue weighted by atomic mass is 16.5. The molecule has 0 bridgehead atoms. The summed E-state index contributed by atoms with van der Waals surface area (Å²) >= 11 is 0. The summed E-state index contributed by atoms with van der Waals surface area (Å²) in [6.45, 7) is 4.17. The number of benzene rings is 1. The predicted molar refractivity (Wildman–Crippen MR) is 63.5 cm³/mol. The first kappa shape index (κ1) is 11.0. The van der Waals surface area contributed by atoms with Crippen LogP contribution >= 0.6 is 0 Å². The van der Waals surface area contributed by atoms with Crippen molar-refractivity contribution in [1.29, 1.82) is 0 Å². The molecular formula is C13H17NO2. The van der Waals surface area contributed by atoms with Gasteiger partial charge in [-0.25, -0.2) is 0 Å². The molecule has 0 saturated heterocycles. The average Bonchev–Trinajstić information content (AvgIpc) is 2.73. The second kappa shape index (κ2) is 4.56. The highest BCUT2D eigenvalue weighted by molar-refractivity contribution is 6.04. The molecule has 0 aliphatic heterocycles. The van der Waals surface area contributed by atoms with Crippen molar-refractivity contribution in [2.24, 2.45) is 5.16 Å². The normalized spacial score (nSPS) is 18.5. The minimum atomic E-state index is 0.224. The lowest BCUT2D eigenvalue weighted by molar-refractivity contribution is 0.215. The minimum Gasteiger partial charge on any atom is -0.490 e. The summed E-state index contributed by atoms with van der Waals surface area (Å²) in [6, 6.07) is 5.93. The van der Waals surface area contributed by atoms with Crippen LogP contribution in [0.3, 0.4) is 0 Å². The Labute approximate surface area is 95.7 Å². The lowest BCUT2D eigenvalue weighted by Crippen LogP contribution is -2.11. The number of oxime groups is 1. The van der Waals surface area contributed by atoms with Gasteiger partial charge in [0.25, 0.3) is 0 Å². The third-order valence-corrected chi connectivity index (χ3v) is 3.08. The third kappa shape index (κ3) is 1.90. The molecule has 1 aromatic rings. The quantitative estimate of drug-likeness (QED) is 0.627. The maximum atomic E-state index is 8.88. The molecule has 16 heavy (non-hydrogen) atoms. The van der Waals surface area contributed by atoms with Crippen LogP contribution in [0.15, 0.2) is 23.4 Å². The second-order valence-corrected chi connectivity index (χ2v) is 4.17. The van der Waals surface area contributed by atoms with Gasteiger partial charge in [-0.3, -0.25) is 0 Å². The van der Waals surface area contributed by atoms with Gasteiger partial charge in [-0.15, -0.1) is 0 Å². The van der Waals surface area contributed by atoms with E-state index >= 15 is 0 Å². The SMILES string of the molecule is CCC(C)Oc1cccc2c1CCC2=NO. The zero-order valence-electron chi connectivity index (χ0n) is 9.73. The molecule has 0 saturated carbocycles. The van der Waals surface area contributed by atoms with Crippen molar-refractivity contribution in [3.8, 4) is 5.75 Å². The number of nitrogens with zero attached hydrogens (tertiary/aromatic N) is 1. The molecule has 0 spiro atoms. The van der Waals surface area contributed by atoms with E-state index in [1.165, 1.54) is 5.56 Å². The number of rotatable bonds is 3. The van der Waals surface area contributed by atoms with Crippen LogP contribution in [0.1, 0.15) is 37.8 Å². The first-order chi connectivity index (χ1) is 7.76. The Kier molecular flexibility index (Phi) is 3.13. The van der Waals surface area contributed by atoms with Gasteiger partial charge in [0.15, 0.2) is 0 Å². The van der Waals surface area contributed by atoms with Crippen molar-refractivity contribution in [3.05, 3.63) is 29.3 Å². The Morgan fingerprint density at radius 1 is 1.44 bits per heavy atom. The van der Waals surface area contributed by atoms with Gasteiger partial charge in [0.05, 0.1) is 11.8 Å². The van der Waals surface area contributed by atoms with Gasteiger partial charge in [-0.1, -0.05) is 24.2 Å². The van der Waals surface area contributed by atoms with Crippen molar-refractivity contribution in [2.75, 3.05) is 0 Å². The van der Waals surface area contributed by atoms with Crippen molar-refractivity contribution in [2.45, 2.75) is 39.2 Å². The first-order valence-corrected chi connectivity index (χ1v) is 5.76. The third-order valence-electron chi connectivity index (χ3n) is 3.08. The van der Waals surface area contributed by atoms with Gasteiger partial charge < -0.3 is 9.94 Å². The molecule has 1 aliphatic rings. The molecule has 0 radical (unpaired) electrons. The van der Waals surface area contributed by atoms with E-state index in [0.29, 0.717) is 0 Å². The van der Waals surface area contributed by atoms with Crippen LogP contribution in [0.4, 0.5) is 0 Å². The number of fused-ring (bicyclic) bond motifs is 1. The van der Waals surface area contributed by atoms with Crippen molar-refractivity contribution >= 4 is 5.71 Å². The molecule has 0 fully saturated rings. The molecule has 1 unspecified atom stereocenters. The van der Waals surface area contributed by atoms with E-state index in [9.17, 15) is 0 Å².